The first-order valence-corrected chi connectivity index (χ1v) is 11.7. The van der Waals surface area contributed by atoms with Crippen LogP contribution in [0.1, 0.15) is 51.1 Å². The van der Waals surface area contributed by atoms with Crippen LogP contribution in [0.2, 0.25) is 0 Å². The standard InChI is InChI=1S/C25H32N4OS/c1-18-12-15-28(16-13-18)22-10-8-20(9-11-22)19(2)26-25(31)27-21-5-3-6-23(17-21)29-14-4-7-24(29)30/h3,5-6,8-11,17-19H,4,7,12-16H2,1-2H3,(H2,26,27,31)/t19-/m0/s1. The SMILES string of the molecule is CC1CCN(c2ccc([C@H](C)NC(=S)Nc3cccc(N4CCCC4=O)c3)cc2)CC1. The Kier molecular flexibility index (Phi) is 6.76. The lowest BCUT2D eigenvalue weighted by atomic mass is 9.98. The van der Waals surface area contributed by atoms with E-state index in [0.29, 0.717) is 11.5 Å². The molecule has 2 aromatic carbocycles. The molecule has 2 heterocycles. The number of piperidine rings is 1. The number of carbonyl (C=O) groups is 1. The Hall–Kier alpha value is -2.60. The average molecular weight is 437 g/mol. The Morgan fingerprint density at radius 2 is 1.81 bits per heavy atom. The van der Waals surface area contributed by atoms with Crippen molar-refractivity contribution in [1.82, 2.24) is 5.32 Å². The van der Waals surface area contributed by atoms with Crippen LogP contribution in [0.25, 0.3) is 0 Å². The van der Waals surface area contributed by atoms with Gasteiger partial charge < -0.3 is 20.4 Å². The van der Waals surface area contributed by atoms with Crippen LogP contribution in [0.5, 0.6) is 0 Å². The van der Waals surface area contributed by atoms with Gasteiger partial charge >= 0.3 is 0 Å². The predicted molar refractivity (Wildman–Crippen MR) is 133 cm³/mol. The van der Waals surface area contributed by atoms with Crippen molar-refractivity contribution in [2.45, 2.75) is 45.6 Å². The fourth-order valence-corrected chi connectivity index (χ4v) is 4.66. The molecule has 1 atom stereocenters. The number of nitrogens with zero attached hydrogens (tertiary/aromatic N) is 2. The summed E-state index contributed by atoms with van der Waals surface area (Å²) in [6.45, 7) is 7.53. The van der Waals surface area contributed by atoms with E-state index in [1.54, 1.807) is 0 Å². The normalized spacial score (nSPS) is 18.2. The van der Waals surface area contributed by atoms with Gasteiger partial charge in [-0.3, -0.25) is 4.79 Å². The van der Waals surface area contributed by atoms with Gasteiger partial charge in [0, 0.05) is 43.1 Å². The van der Waals surface area contributed by atoms with Crippen molar-refractivity contribution >= 4 is 40.3 Å². The zero-order chi connectivity index (χ0) is 21.8. The van der Waals surface area contributed by atoms with Gasteiger partial charge in [-0.2, -0.15) is 0 Å². The van der Waals surface area contributed by atoms with E-state index in [1.807, 2.05) is 29.2 Å². The summed E-state index contributed by atoms with van der Waals surface area (Å²) in [4.78, 5) is 16.3. The maximum absolute atomic E-state index is 12.0. The van der Waals surface area contributed by atoms with Gasteiger partial charge in [-0.15, -0.1) is 0 Å². The molecule has 0 spiro atoms. The maximum atomic E-state index is 12.0. The third-order valence-electron chi connectivity index (χ3n) is 6.38. The molecule has 0 aliphatic carbocycles. The van der Waals surface area contributed by atoms with Gasteiger partial charge in [0.1, 0.15) is 0 Å². The Morgan fingerprint density at radius 3 is 2.48 bits per heavy atom. The summed E-state index contributed by atoms with van der Waals surface area (Å²) in [6, 6.07) is 16.8. The van der Waals surface area contributed by atoms with E-state index < -0.39 is 0 Å². The molecule has 0 bridgehead atoms. The highest BCUT2D eigenvalue weighted by Gasteiger charge is 2.22. The van der Waals surface area contributed by atoms with Gasteiger partial charge in [-0.05, 0) is 80.2 Å². The monoisotopic (exact) mass is 436 g/mol. The van der Waals surface area contributed by atoms with E-state index >= 15 is 0 Å². The van der Waals surface area contributed by atoms with Crippen molar-refractivity contribution in [3.63, 3.8) is 0 Å². The predicted octanol–water partition coefficient (Wildman–Crippen LogP) is 5.10. The van der Waals surface area contributed by atoms with Crippen LogP contribution >= 0.6 is 12.2 Å². The minimum atomic E-state index is 0.0961. The molecule has 1 amide bonds. The molecule has 0 unspecified atom stereocenters. The van der Waals surface area contributed by atoms with E-state index in [4.69, 9.17) is 12.2 Å². The first kappa shape index (κ1) is 21.6. The number of thiocarbonyl (C=S) groups is 1. The van der Waals surface area contributed by atoms with Gasteiger partial charge in [-0.1, -0.05) is 25.1 Å². The second-order valence-electron chi connectivity index (χ2n) is 8.78. The molecule has 164 valence electrons. The molecule has 2 fully saturated rings. The second-order valence-corrected chi connectivity index (χ2v) is 9.19. The highest BCUT2D eigenvalue weighted by molar-refractivity contribution is 7.80. The van der Waals surface area contributed by atoms with Crippen LogP contribution in [0, 0.1) is 5.92 Å². The van der Waals surface area contributed by atoms with Crippen molar-refractivity contribution in [2.24, 2.45) is 5.92 Å². The fraction of sp³-hybridized carbons (Fsp3) is 0.440. The third kappa shape index (κ3) is 5.37. The molecule has 2 aromatic rings. The number of benzene rings is 2. The summed E-state index contributed by atoms with van der Waals surface area (Å²) < 4.78 is 0. The average Bonchev–Trinajstić information content (AvgIpc) is 3.20. The lowest BCUT2D eigenvalue weighted by Gasteiger charge is -2.32. The molecule has 6 heteroatoms. The molecule has 2 aliphatic heterocycles. The lowest BCUT2D eigenvalue weighted by molar-refractivity contribution is -0.117. The van der Waals surface area contributed by atoms with Crippen molar-refractivity contribution in [3.05, 3.63) is 54.1 Å². The number of rotatable bonds is 5. The highest BCUT2D eigenvalue weighted by Crippen LogP contribution is 2.26. The molecular weight excluding hydrogens is 404 g/mol. The number of anilines is 3. The Bertz CT molecular complexity index is 921. The van der Waals surface area contributed by atoms with Crippen LogP contribution in [0.3, 0.4) is 0 Å². The molecule has 0 saturated carbocycles. The van der Waals surface area contributed by atoms with E-state index in [0.717, 1.165) is 43.3 Å². The van der Waals surface area contributed by atoms with Crippen LogP contribution in [-0.4, -0.2) is 30.7 Å². The van der Waals surface area contributed by atoms with Crippen LogP contribution < -0.4 is 20.4 Å². The second kappa shape index (κ2) is 9.69. The van der Waals surface area contributed by atoms with Gasteiger partial charge in [0.05, 0.1) is 6.04 Å². The summed E-state index contributed by atoms with van der Waals surface area (Å²) in [7, 11) is 0. The first-order valence-electron chi connectivity index (χ1n) is 11.3. The van der Waals surface area contributed by atoms with E-state index in [-0.39, 0.29) is 11.9 Å². The minimum absolute atomic E-state index is 0.0961. The smallest absolute Gasteiger partial charge is 0.227 e. The Morgan fingerprint density at radius 1 is 1.06 bits per heavy atom. The molecule has 0 aromatic heterocycles. The lowest BCUT2D eigenvalue weighted by Crippen LogP contribution is -2.33. The van der Waals surface area contributed by atoms with E-state index in [1.165, 1.54) is 24.1 Å². The van der Waals surface area contributed by atoms with E-state index in [2.05, 4.69) is 53.6 Å². The van der Waals surface area contributed by atoms with Crippen molar-refractivity contribution in [3.8, 4) is 0 Å². The van der Waals surface area contributed by atoms with Crippen LogP contribution in [-0.2, 0) is 4.79 Å². The quantitative estimate of drug-likeness (QED) is 0.639. The summed E-state index contributed by atoms with van der Waals surface area (Å²) >= 11 is 5.54. The van der Waals surface area contributed by atoms with E-state index in [9.17, 15) is 4.79 Å². The largest absolute Gasteiger partial charge is 0.372 e. The summed E-state index contributed by atoms with van der Waals surface area (Å²) in [6.07, 6.45) is 4.09. The number of hydrogen-bond acceptors (Lipinski definition) is 3. The topological polar surface area (TPSA) is 47.6 Å². The number of nitrogens with one attached hydrogen (secondary N) is 2. The zero-order valence-corrected chi connectivity index (χ0v) is 19.3. The minimum Gasteiger partial charge on any atom is -0.372 e. The number of carbonyl (C=O) groups excluding carboxylic acids is 1. The van der Waals surface area contributed by atoms with Crippen molar-refractivity contribution < 1.29 is 4.79 Å². The van der Waals surface area contributed by atoms with Gasteiger partial charge in [0.2, 0.25) is 5.91 Å². The van der Waals surface area contributed by atoms with Gasteiger partial charge in [-0.25, -0.2) is 0 Å². The van der Waals surface area contributed by atoms with Crippen LogP contribution in [0.4, 0.5) is 17.1 Å². The molecule has 2 saturated heterocycles. The number of amides is 1. The zero-order valence-electron chi connectivity index (χ0n) is 18.4. The number of hydrogen-bond donors (Lipinski definition) is 2. The Labute approximate surface area is 190 Å². The molecule has 5 nitrogen and oxygen atoms in total. The summed E-state index contributed by atoms with van der Waals surface area (Å²) in [5.41, 5.74) is 4.31. The third-order valence-corrected chi connectivity index (χ3v) is 6.60. The molecule has 4 rings (SSSR count). The van der Waals surface area contributed by atoms with Gasteiger partial charge in [0.25, 0.3) is 0 Å². The molecule has 31 heavy (non-hydrogen) atoms. The van der Waals surface area contributed by atoms with Crippen molar-refractivity contribution in [1.29, 1.82) is 0 Å². The maximum Gasteiger partial charge on any atom is 0.227 e. The highest BCUT2D eigenvalue weighted by atomic mass is 32.1. The van der Waals surface area contributed by atoms with Crippen LogP contribution in [0.15, 0.2) is 48.5 Å². The first-order chi connectivity index (χ1) is 15.0. The summed E-state index contributed by atoms with van der Waals surface area (Å²) in [5.74, 6) is 1.03. The van der Waals surface area contributed by atoms with Gasteiger partial charge in [0.15, 0.2) is 5.11 Å². The molecule has 2 N–H and O–H groups in total. The molecule has 0 radical (unpaired) electrons. The molecular formula is C25H32N4OS. The van der Waals surface area contributed by atoms with Crippen molar-refractivity contribution in [2.75, 3.05) is 34.8 Å². The molecule has 2 aliphatic rings. The summed E-state index contributed by atoms with van der Waals surface area (Å²) in [5, 5.41) is 7.21. The fourth-order valence-electron chi connectivity index (χ4n) is 4.36. The Balaban J connectivity index is 1.33.